The van der Waals surface area contributed by atoms with Crippen LogP contribution >= 0.6 is 0 Å². The Balaban J connectivity index is 1.57. The van der Waals surface area contributed by atoms with Crippen molar-refractivity contribution < 1.29 is 33.8 Å². The number of nitro groups is 1. The fourth-order valence-electron chi connectivity index (χ4n) is 4.52. The Morgan fingerprint density at radius 1 is 1.00 bits per heavy atom. The van der Waals surface area contributed by atoms with Crippen molar-refractivity contribution in [1.29, 1.82) is 0 Å². The van der Waals surface area contributed by atoms with Gasteiger partial charge in [-0.25, -0.2) is 4.79 Å². The number of carbonyl (C=O) groups excluding carboxylic acids is 1. The molecular formula is C26H24N2O8. The number of aliphatic carboxylic acids is 1. The summed E-state index contributed by atoms with van der Waals surface area (Å²) in [6.45, 7) is 0.00762. The zero-order valence-electron chi connectivity index (χ0n) is 19.6. The van der Waals surface area contributed by atoms with Crippen LogP contribution < -0.4 is 14.8 Å². The summed E-state index contributed by atoms with van der Waals surface area (Å²) in [6, 6.07) is 16.8. The maximum absolute atomic E-state index is 12.8. The number of rotatable bonds is 9. The number of alkyl carbamates (subject to hydrolysis) is 1. The van der Waals surface area contributed by atoms with Gasteiger partial charge in [0, 0.05) is 5.92 Å². The van der Waals surface area contributed by atoms with Gasteiger partial charge < -0.3 is 24.6 Å². The normalized spacial score (nSPS) is 12.7. The predicted molar refractivity (Wildman–Crippen MR) is 129 cm³/mol. The van der Waals surface area contributed by atoms with Crippen LogP contribution in [0.3, 0.4) is 0 Å². The van der Waals surface area contributed by atoms with Crippen molar-refractivity contribution in [2.75, 3.05) is 20.8 Å². The molecule has 0 spiro atoms. The molecule has 0 fully saturated rings. The molecule has 0 saturated carbocycles. The summed E-state index contributed by atoms with van der Waals surface area (Å²) in [5.74, 6) is -1.20. The lowest BCUT2D eigenvalue weighted by Crippen LogP contribution is -2.32. The van der Waals surface area contributed by atoms with Crippen molar-refractivity contribution in [2.24, 2.45) is 0 Å². The second-order valence-corrected chi connectivity index (χ2v) is 8.14. The Bertz CT molecular complexity index is 1280. The highest BCUT2D eigenvalue weighted by molar-refractivity contribution is 5.79. The van der Waals surface area contributed by atoms with Gasteiger partial charge in [0.1, 0.15) is 6.61 Å². The van der Waals surface area contributed by atoms with E-state index in [2.05, 4.69) is 5.32 Å². The highest BCUT2D eigenvalue weighted by Crippen LogP contribution is 2.44. The summed E-state index contributed by atoms with van der Waals surface area (Å²) in [5.41, 5.74) is 3.69. The number of fused-ring (bicyclic) bond motifs is 3. The number of carboxylic acid groups (broad SMARTS) is 1. The fraction of sp³-hybridized carbons (Fsp3) is 0.231. The van der Waals surface area contributed by atoms with Crippen molar-refractivity contribution in [3.63, 3.8) is 0 Å². The van der Waals surface area contributed by atoms with E-state index >= 15 is 0 Å². The molecule has 4 rings (SSSR count). The molecule has 2 N–H and O–H groups in total. The van der Waals surface area contributed by atoms with Crippen molar-refractivity contribution in [3.05, 3.63) is 87.5 Å². The van der Waals surface area contributed by atoms with E-state index in [1.165, 1.54) is 20.3 Å². The van der Waals surface area contributed by atoms with Crippen LogP contribution in [-0.4, -0.2) is 42.9 Å². The Kier molecular flexibility index (Phi) is 7.05. The van der Waals surface area contributed by atoms with E-state index in [9.17, 15) is 24.8 Å². The first kappa shape index (κ1) is 24.5. The minimum Gasteiger partial charge on any atom is -0.493 e. The molecule has 186 valence electrons. The molecule has 0 radical (unpaired) electrons. The molecule has 0 saturated heterocycles. The van der Waals surface area contributed by atoms with Gasteiger partial charge in [-0.05, 0) is 28.3 Å². The Morgan fingerprint density at radius 2 is 1.56 bits per heavy atom. The topological polar surface area (TPSA) is 137 Å². The van der Waals surface area contributed by atoms with Gasteiger partial charge in [0.2, 0.25) is 0 Å². The number of carboxylic acids is 1. The minimum absolute atomic E-state index is 0.00762. The Hall–Kier alpha value is -4.60. The molecule has 0 aromatic heterocycles. The Morgan fingerprint density at radius 3 is 2.08 bits per heavy atom. The molecule has 1 aliphatic carbocycles. The van der Waals surface area contributed by atoms with Crippen LogP contribution in [0.1, 0.15) is 35.1 Å². The Labute approximate surface area is 206 Å². The highest BCUT2D eigenvalue weighted by atomic mass is 16.6. The maximum Gasteiger partial charge on any atom is 0.407 e. The molecule has 10 nitrogen and oxygen atoms in total. The van der Waals surface area contributed by atoms with Gasteiger partial charge in [0.25, 0.3) is 5.69 Å². The van der Waals surface area contributed by atoms with Gasteiger partial charge in [0.15, 0.2) is 11.5 Å². The third kappa shape index (κ3) is 4.78. The monoisotopic (exact) mass is 492 g/mol. The largest absolute Gasteiger partial charge is 0.493 e. The van der Waals surface area contributed by atoms with E-state index in [0.29, 0.717) is 0 Å². The van der Waals surface area contributed by atoms with Gasteiger partial charge >= 0.3 is 12.1 Å². The molecule has 3 aromatic rings. The van der Waals surface area contributed by atoms with Crippen molar-refractivity contribution >= 4 is 17.7 Å². The van der Waals surface area contributed by atoms with E-state index in [1.54, 1.807) is 0 Å². The second kappa shape index (κ2) is 10.3. The average molecular weight is 492 g/mol. The number of ether oxygens (including phenoxy) is 3. The molecule has 0 aliphatic heterocycles. The molecule has 0 bridgehead atoms. The lowest BCUT2D eigenvalue weighted by Gasteiger charge is -2.20. The van der Waals surface area contributed by atoms with Crippen LogP contribution in [0.25, 0.3) is 11.1 Å². The lowest BCUT2D eigenvalue weighted by atomic mass is 9.98. The van der Waals surface area contributed by atoms with E-state index in [0.717, 1.165) is 28.3 Å². The van der Waals surface area contributed by atoms with Gasteiger partial charge in [0.05, 0.1) is 43.2 Å². The summed E-state index contributed by atoms with van der Waals surface area (Å²) in [7, 11) is 2.67. The molecule has 10 heteroatoms. The van der Waals surface area contributed by atoms with Crippen LogP contribution in [0.2, 0.25) is 0 Å². The van der Waals surface area contributed by atoms with Crippen molar-refractivity contribution in [2.45, 2.75) is 18.4 Å². The maximum atomic E-state index is 12.8. The summed E-state index contributed by atoms with van der Waals surface area (Å²) >= 11 is 0. The molecule has 1 aliphatic rings. The van der Waals surface area contributed by atoms with Crippen molar-refractivity contribution in [3.8, 4) is 22.6 Å². The molecule has 1 amide bonds. The molecule has 36 heavy (non-hydrogen) atoms. The van der Waals surface area contributed by atoms with E-state index in [1.807, 2.05) is 48.5 Å². The zero-order chi connectivity index (χ0) is 25.8. The average Bonchev–Trinajstić information content (AvgIpc) is 3.19. The first-order chi connectivity index (χ1) is 17.3. The minimum atomic E-state index is -1.26. The summed E-state index contributed by atoms with van der Waals surface area (Å²) in [5, 5.41) is 23.6. The van der Waals surface area contributed by atoms with Crippen LogP contribution in [0, 0.1) is 10.1 Å². The number of nitrogens with zero attached hydrogens (tertiary/aromatic N) is 1. The number of nitrogens with one attached hydrogen (secondary N) is 1. The van der Waals surface area contributed by atoms with Gasteiger partial charge in [-0.3, -0.25) is 14.9 Å². The molecule has 1 atom stereocenters. The number of carbonyl (C=O) groups is 2. The predicted octanol–water partition coefficient (Wildman–Crippen LogP) is 4.67. The number of benzene rings is 3. The van der Waals surface area contributed by atoms with Gasteiger partial charge in [-0.1, -0.05) is 48.5 Å². The van der Waals surface area contributed by atoms with Gasteiger partial charge in [-0.2, -0.15) is 0 Å². The highest BCUT2D eigenvalue weighted by Gasteiger charge is 2.31. The first-order valence-corrected chi connectivity index (χ1v) is 11.1. The summed E-state index contributed by atoms with van der Waals surface area (Å²) < 4.78 is 15.8. The molecule has 0 heterocycles. The van der Waals surface area contributed by atoms with E-state index < -0.39 is 35.1 Å². The number of methoxy groups -OCH3 is 2. The van der Waals surface area contributed by atoms with Crippen LogP contribution in [-0.2, 0) is 9.53 Å². The second-order valence-electron chi connectivity index (χ2n) is 8.14. The fourth-order valence-corrected chi connectivity index (χ4v) is 4.52. The summed E-state index contributed by atoms with van der Waals surface area (Å²) in [6.07, 6.45) is -1.51. The van der Waals surface area contributed by atoms with Crippen LogP contribution in [0.5, 0.6) is 11.5 Å². The number of amides is 1. The van der Waals surface area contributed by atoms with Crippen molar-refractivity contribution in [1.82, 2.24) is 5.32 Å². The van der Waals surface area contributed by atoms with Crippen LogP contribution in [0.4, 0.5) is 10.5 Å². The third-order valence-corrected chi connectivity index (χ3v) is 6.12. The van der Waals surface area contributed by atoms with E-state index in [4.69, 9.17) is 14.2 Å². The number of hydrogen-bond acceptors (Lipinski definition) is 7. The molecular weight excluding hydrogens is 468 g/mol. The van der Waals surface area contributed by atoms with Gasteiger partial charge in [-0.15, -0.1) is 0 Å². The summed E-state index contributed by atoms with van der Waals surface area (Å²) in [4.78, 5) is 35.4. The quantitative estimate of drug-likeness (QED) is 0.325. The zero-order valence-corrected chi connectivity index (χ0v) is 19.6. The molecule has 0 unspecified atom stereocenters. The standard InChI is InChI=1S/C26H24N2O8/c1-34-23-11-19(22(28(32)33)13-24(23)35-2)21(12-25(29)30)27-26(31)36-14-20-17-9-5-3-7-15(17)16-8-4-6-10-18(16)20/h3-11,13,20-21H,12,14H2,1-2H3,(H,27,31)(H,29,30)/t21-/m1/s1. The SMILES string of the molecule is COc1cc([C@@H](CC(=O)O)NC(=O)OCC2c3ccccc3-c3ccccc32)c([N+](=O)[O-])cc1OC. The van der Waals surface area contributed by atoms with E-state index in [-0.39, 0.29) is 29.6 Å². The number of nitro benzene ring substituents is 1. The number of hydrogen-bond donors (Lipinski definition) is 2. The molecule has 3 aromatic carbocycles. The first-order valence-electron chi connectivity index (χ1n) is 11.1. The third-order valence-electron chi connectivity index (χ3n) is 6.12. The lowest BCUT2D eigenvalue weighted by molar-refractivity contribution is -0.385. The smallest absolute Gasteiger partial charge is 0.407 e. The van der Waals surface area contributed by atoms with Crippen LogP contribution in [0.15, 0.2) is 60.7 Å².